The number of nitrogens with one attached hydrogen (secondary N) is 1. The van der Waals surface area contributed by atoms with Crippen LogP contribution in [0.1, 0.15) is 51.9 Å². The van der Waals surface area contributed by atoms with Gasteiger partial charge in [0.2, 0.25) is 0 Å². The molecule has 0 saturated heterocycles. The third-order valence-electron chi connectivity index (χ3n) is 3.40. The van der Waals surface area contributed by atoms with Gasteiger partial charge in [-0.2, -0.15) is 5.48 Å². The van der Waals surface area contributed by atoms with Crippen LogP contribution in [-0.4, -0.2) is 12.1 Å². The van der Waals surface area contributed by atoms with Crippen molar-refractivity contribution in [1.82, 2.24) is 5.48 Å². The van der Waals surface area contributed by atoms with Crippen molar-refractivity contribution in [1.29, 1.82) is 0 Å². The van der Waals surface area contributed by atoms with Crippen LogP contribution in [0.25, 0.3) is 0 Å². The third kappa shape index (κ3) is 2.68. The summed E-state index contributed by atoms with van der Waals surface area (Å²) in [6.45, 7) is 2.33. The van der Waals surface area contributed by atoms with Gasteiger partial charge in [0.25, 0.3) is 0 Å². The molecule has 0 bridgehead atoms. The number of hydroxylamine groups is 1. The molecule has 2 rings (SSSR count). The molecule has 1 N–H and O–H groups in total. The van der Waals surface area contributed by atoms with Gasteiger partial charge in [-0.05, 0) is 38.0 Å². The molecule has 0 aliphatic heterocycles. The fraction of sp³-hybridized carbons (Fsp3) is 1.00. The molecule has 2 nitrogen and oxygen atoms in total. The van der Waals surface area contributed by atoms with Crippen molar-refractivity contribution in [3.63, 3.8) is 0 Å². The highest BCUT2D eigenvalue weighted by Crippen LogP contribution is 2.26. The van der Waals surface area contributed by atoms with Crippen molar-refractivity contribution < 1.29 is 4.84 Å². The van der Waals surface area contributed by atoms with Gasteiger partial charge in [-0.25, -0.2) is 0 Å². The summed E-state index contributed by atoms with van der Waals surface area (Å²) in [5, 5.41) is 0. The average molecular weight is 183 g/mol. The summed E-state index contributed by atoms with van der Waals surface area (Å²) >= 11 is 0. The van der Waals surface area contributed by atoms with Gasteiger partial charge in [-0.3, -0.25) is 4.84 Å². The van der Waals surface area contributed by atoms with Crippen molar-refractivity contribution >= 4 is 0 Å². The highest BCUT2D eigenvalue weighted by Gasteiger charge is 2.23. The lowest BCUT2D eigenvalue weighted by Gasteiger charge is -2.16. The molecule has 0 aromatic heterocycles. The Labute approximate surface area is 81.0 Å². The van der Waals surface area contributed by atoms with E-state index in [9.17, 15) is 0 Å². The second kappa shape index (κ2) is 4.43. The highest BCUT2D eigenvalue weighted by atomic mass is 16.7. The molecule has 2 heteroatoms. The highest BCUT2D eigenvalue weighted by molar-refractivity contribution is 4.76. The summed E-state index contributed by atoms with van der Waals surface area (Å²) in [6, 6.07) is 0.635. The molecule has 2 unspecified atom stereocenters. The molecular formula is C11H21NO. The largest absolute Gasteiger partial charge is 0.298 e. The van der Waals surface area contributed by atoms with E-state index in [0.717, 1.165) is 5.92 Å². The van der Waals surface area contributed by atoms with Crippen LogP contribution < -0.4 is 5.48 Å². The Bertz CT molecular complexity index is 154. The van der Waals surface area contributed by atoms with Crippen LogP contribution in [0.3, 0.4) is 0 Å². The lowest BCUT2D eigenvalue weighted by Crippen LogP contribution is -2.30. The van der Waals surface area contributed by atoms with E-state index in [-0.39, 0.29) is 0 Å². The SMILES string of the molecule is CC1CCC(NOC2CCCC2)C1. The normalized spacial score (nSPS) is 35.8. The second-order valence-electron chi connectivity index (χ2n) is 4.76. The van der Waals surface area contributed by atoms with E-state index < -0.39 is 0 Å². The van der Waals surface area contributed by atoms with Crippen molar-refractivity contribution in [2.24, 2.45) is 5.92 Å². The monoisotopic (exact) mass is 183 g/mol. The zero-order valence-corrected chi connectivity index (χ0v) is 8.59. The van der Waals surface area contributed by atoms with Crippen LogP contribution in [0.5, 0.6) is 0 Å². The Morgan fingerprint density at radius 3 is 2.46 bits per heavy atom. The van der Waals surface area contributed by atoms with E-state index in [4.69, 9.17) is 4.84 Å². The van der Waals surface area contributed by atoms with Gasteiger partial charge in [-0.1, -0.05) is 19.8 Å². The smallest absolute Gasteiger partial charge is 0.0790 e. The molecular weight excluding hydrogens is 162 g/mol. The molecule has 76 valence electrons. The molecule has 0 heterocycles. The fourth-order valence-electron chi connectivity index (χ4n) is 2.51. The van der Waals surface area contributed by atoms with Crippen molar-refractivity contribution in [3.8, 4) is 0 Å². The standard InChI is InChI=1S/C11H21NO/c1-9-6-7-10(8-9)12-13-11-4-2-3-5-11/h9-12H,2-8H2,1H3. The summed E-state index contributed by atoms with van der Waals surface area (Å²) < 4.78 is 0. The molecule has 0 aromatic rings. The molecule has 2 aliphatic carbocycles. The van der Waals surface area contributed by atoms with Crippen LogP contribution in [0, 0.1) is 5.92 Å². The molecule has 2 aliphatic rings. The maximum absolute atomic E-state index is 5.69. The zero-order valence-electron chi connectivity index (χ0n) is 8.59. The minimum atomic E-state index is 0.510. The van der Waals surface area contributed by atoms with Crippen LogP contribution in [0.15, 0.2) is 0 Å². The Morgan fingerprint density at radius 2 is 1.85 bits per heavy atom. The van der Waals surface area contributed by atoms with E-state index in [0.29, 0.717) is 12.1 Å². The predicted octanol–water partition coefficient (Wildman–Crippen LogP) is 2.64. The minimum absolute atomic E-state index is 0.510. The van der Waals surface area contributed by atoms with Gasteiger partial charge < -0.3 is 0 Å². The molecule has 2 fully saturated rings. The van der Waals surface area contributed by atoms with Gasteiger partial charge in [0.1, 0.15) is 0 Å². The molecule has 0 amide bonds. The van der Waals surface area contributed by atoms with Gasteiger partial charge in [0.05, 0.1) is 6.10 Å². The summed E-state index contributed by atoms with van der Waals surface area (Å²) in [5.74, 6) is 0.893. The Kier molecular flexibility index (Phi) is 3.23. The maximum Gasteiger partial charge on any atom is 0.0790 e. The summed E-state index contributed by atoms with van der Waals surface area (Å²) in [5.41, 5.74) is 3.25. The number of hydrogen-bond acceptors (Lipinski definition) is 2. The van der Waals surface area contributed by atoms with Crippen molar-refractivity contribution in [2.45, 2.75) is 64.0 Å². The van der Waals surface area contributed by atoms with E-state index >= 15 is 0 Å². The van der Waals surface area contributed by atoms with Gasteiger partial charge in [0.15, 0.2) is 0 Å². The van der Waals surface area contributed by atoms with Crippen molar-refractivity contribution in [2.75, 3.05) is 0 Å². The predicted molar refractivity (Wildman–Crippen MR) is 53.3 cm³/mol. The topological polar surface area (TPSA) is 21.3 Å². The molecule has 0 spiro atoms. The molecule has 2 atom stereocenters. The zero-order chi connectivity index (χ0) is 9.10. The Morgan fingerprint density at radius 1 is 1.08 bits per heavy atom. The van der Waals surface area contributed by atoms with Crippen molar-refractivity contribution in [3.05, 3.63) is 0 Å². The van der Waals surface area contributed by atoms with E-state index in [2.05, 4.69) is 12.4 Å². The first-order valence-corrected chi connectivity index (χ1v) is 5.76. The van der Waals surface area contributed by atoms with E-state index in [1.165, 1.54) is 44.9 Å². The lowest BCUT2D eigenvalue weighted by atomic mass is 10.1. The first-order chi connectivity index (χ1) is 6.34. The molecule has 0 radical (unpaired) electrons. The van der Waals surface area contributed by atoms with Gasteiger partial charge >= 0.3 is 0 Å². The van der Waals surface area contributed by atoms with Gasteiger partial charge in [0, 0.05) is 6.04 Å². The average Bonchev–Trinajstić information content (AvgIpc) is 2.71. The first kappa shape index (κ1) is 9.47. The summed E-state index contributed by atoms with van der Waals surface area (Å²) in [4.78, 5) is 5.69. The minimum Gasteiger partial charge on any atom is -0.298 e. The van der Waals surface area contributed by atoms with Crippen LogP contribution in [0.4, 0.5) is 0 Å². The number of hydrogen-bond donors (Lipinski definition) is 1. The summed E-state index contributed by atoms with van der Waals surface area (Å²) in [6.07, 6.45) is 9.70. The second-order valence-corrected chi connectivity index (χ2v) is 4.76. The van der Waals surface area contributed by atoms with Crippen LogP contribution >= 0.6 is 0 Å². The molecule has 13 heavy (non-hydrogen) atoms. The lowest BCUT2D eigenvalue weighted by molar-refractivity contribution is -0.0394. The first-order valence-electron chi connectivity index (χ1n) is 5.76. The summed E-state index contributed by atoms with van der Waals surface area (Å²) in [7, 11) is 0. The van der Waals surface area contributed by atoms with E-state index in [1.807, 2.05) is 0 Å². The number of rotatable bonds is 3. The van der Waals surface area contributed by atoms with Crippen LogP contribution in [0.2, 0.25) is 0 Å². The fourth-order valence-corrected chi connectivity index (χ4v) is 2.51. The quantitative estimate of drug-likeness (QED) is 0.679. The Balaban J connectivity index is 1.62. The molecule has 2 saturated carbocycles. The molecule has 0 aromatic carbocycles. The third-order valence-corrected chi connectivity index (χ3v) is 3.40. The van der Waals surface area contributed by atoms with Crippen LogP contribution in [-0.2, 0) is 4.84 Å². The maximum atomic E-state index is 5.69. The van der Waals surface area contributed by atoms with E-state index in [1.54, 1.807) is 0 Å². The Hall–Kier alpha value is -0.0800. The van der Waals surface area contributed by atoms with Gasteiger partial charge in [-0.15, -0.1) is 0 Å².